The highest BCUT2D eigenvalue weighted by atomic mass is 16.3. The summed E-state index contributed by atoms with van der Waals surface area (Å²) in [6.45, 7) is 4.48. The first-order chi connectivity index (χ1) is 18.7. The van der Waals surface area contributed by atoms with Crippen molar-refractivity contribution in [3.63, 3.8) is 0 Å². The number of hydrogen-bond donors (Lipinski definition) is 6. The zero-order chi connectivity index (χ0) is 28.8. The van der Waals surface area contributed by atoms with Crippen molar-refractivity contribution in [2.45, 2.75) is 109 Å². The van der Waals surface area contributed by atoms with Crippen LogP contribution < -0.4 is 0 Å². The molecule has 8 nitrogen and oxygen atoms in total. The number of nitrogens with zero attached hydrogens (tertiary/aromatic N) is 1. The molecular weight excluding hydrogens is 498 g/mol. The summed E-state index contributed by atoms with van der Waals surface area (Å²) in [7, 11) is 0. The van der Waals surface area contributed by atoms with Crippen LogP contribution in [0.25, 0.3) is 0 Å². The van der Waals surface area contributed by atoms with Crippen LogP contribution in [0.4, 0.5) is 0 Å². The van der Waals surface area contributed by atoms with Gasteiger partial charge in [-0.3, -0.25) is 4.79 Å². The van der Waals surface area contributed by atoms with Gasteiger partial charge in [0.15, 0.2) is 11.5 Å². The highest BCUT2D eigenvalue weighted by Crippen LogP contribution is 2.36. The summed E-state index contributed by atoms with van der Waals surface area (Å²) in [6.07, 6.45) is 12.0. The number of benzene rings is 1. The molecule has 8 heteroatoms. The van der Waals surface area contributed by atoms with Crippen LogP contribution in [0.5, 0.6) is 11.5 Å². The molecule has 0 saturated heterocycles. The minimum Gasteiger partial charge on any atom is -0.504 e. The molecule has 0 heterocycles. The standard InChI is InChI=1S/C31H49NO7/c1-3-5-8-11-23(33)15-16-25-24(27(35)21-28(25)36)12-9-6-7-10-13-30(38)32(18-4-2)31(39)20-22-14-17-26(34)29(37)19-22/h6,9,14-17,19,23-25,27-28,31,33-37,39H,3-5,7-8,10-13,18,20-21H2,1-2H3/t23-,24+,25+,27-,28+,31?/m0/s1. The van der Waals surface area contributed by atoms with Crippen molar-refractivity contribution in [1.82, 2.24) is 4.90 Å². The quantitative estimate of drug-likeness (QED) is 0.0744. The van der Waals surface area contributed by atoms with Crippen molar-refractivity contribution >= 4 is 5.91 Å². The third-order valence-corrected chi connectivity index (χ3v) is 7.51. The number of carbonyl (C=O) groups excluding carboxylic acids is 1. The molecule has 1 amide bonds. The van der Waals surface area contributed by atoms with Gasteiger partial charge < -0.3 is 35.5 Å². The lowest BCUT2D eigenvalue weighted by Gasteiger charge is -2.28. The summed E-state index contributed by atoms with van der Waals surface area (Å²) in [5, 5.41) is 60.9. The van der Waals surface area contributed by atoms with Gasteiger partial charge in [0.1, 0.15) is 6.23 Å². The van der Waals surface area contributed by atoms with Crippen molar-refractivity contribution in [3.05, 3.63) is 48.1 Å². The third-order valence-electron chi connectivity index (χ3n) is 7.51. The van der Waals surface area contributed by atoms with E-state index in [0.717, 1.165) is 19.3 Å². The lowest BCUT2D eigenvalue weighted by Crippen LogP contribution is -2.42. The minimum atomic E-state index is -1.03. The van der Waals surface area contributed by atoms with Crippen molar-refractivity contribution in [2.24, 2.45) is 11.8 Å². The third kappa shape index (κ3) is 11.0. The number of allylic oxidation sites excluding steroid dienone is 2. The van der Waals surface area contributed by atoms with Crippen molar-refractivity contribution in [3.8, 4) is 11.5 Å². The van der Waals surface area contributed by atoms with E-state index in [4.69, 9.17) is 0 Å². The average Bonchev–Trinajstić information content (AvgIpc) is 3.17. The van der Waals surface area contributed by atoms with E-state index in [1.165, 1.54) is 17.0 Å². The number of carbonyl (C=O) groups is 1. The molecule has 0 aliphatic heterocycles. The maximum absolute atomic E-state index is 12.8. The van der Waals surface area contributed by atoms with Crippen LogP contribution in [0.3, 0.4) is 0 Å². The number of aromatic hydroxyl groups is 2. The van der Waals surface area contributed by atoms with Gasteiger partial charge in [-0.05, 0) is 55.7 Å². The van der Waals surface area contributed by atoms with E-state index in [1.54, 1.807) is 12.1 Å². The Morgan fingerprint density at radius 1 is 1.03 bits per heavy atom. The second-order valence-corrected chi connectivity index (χ2v) is 10.8. The van der Waals surface area contributed by atoms with Crippen LogP contribution in [-0.2, 0) is 11.2 Å². The van der Waals surface area contributed by atoms with Gasteiger partial charge in [0.2, 0.25) is 5.91 Å². The summed E-state index contributed by atoms with van der Waals surface area (Å²) < 4.78 is 0. The Labute approximate surface area is 233 Å². The number of phenols is 2. The fourth-order valence-corrected chi connectivity index (χ4v) is 5.25. The molecule has 1 fully saturated rings. The molecule has 6 N–H and O–H groups in total. The van der Waals surface area contributed by atoms with Gasteiger partial charge in [-0.25, -0.2) is 0 Å². The molecule has 39 heavy (non-hydrogen) atoms. The summed E-state index contributed by atoms with van der Waals surface area (Å²) in [5.74, 6) is -0.956. The molecular formula is C31H49NO7. The normalized spacial score (nSPS) is 23.0. The van der Waals surface area contributed by atoms with Gasteiger partial charge in [0.25, 0.3) is 0 Å². The second kappa shape index (κ2) is 17.3. The molecule has 1 aromatic rings. The summed E-state index contributed by atoms with van der Waals surface area (Å²) in [6, 6.07) is 4.35. The van der Waals surface area contributed by atoms with E-state index in [-0.39, 0.29) is 42.1 Å². The zero-order valence-corrected chi connectivity index (χ0v) is 23.5. The molecule has 0 bridgehead atoms. The van der Waals surface area contributed by atoms with Crippen LogP contribution >= 0.6 is 0 Å². The minimum absolute atomic E-state index is 0.119. The topological polar surface area (TPSA) is 142 Å². The largest absolute Gasteiger partial charge is 0.504 e. The molecule has 1 aliphatic carbocycles. The zero-order valence-electron chi connectivity index (χ0n) is 23.5. The van der Waals surface area contributed by atoms with Crippen LogP contribution in [-0.4, -0.2) is 72.5 Å². The second-order valence-electron chi connectivity index (χ2n) is 10.8. The fourth-order valence-electron chi connectivity index (χ4n) is 5.25. The molecule has 1 aliphatic rings. The molecule has 0 radical (unpaired) electrons. The summed E-state index contributed by atoms with van der Waals surface area (Å²) >= 11 is 0. The highest BCUT2D eigenvalue weighted by molar-refractivity contribution is 5.76. The first kappa shape index (κ1) is 32.8. The number of aliphatic hydroxyl groups excluding tert-OH is 4. The molecule has 1 unspecified atom stereocenters. The van der Waals surface area contributed by atoms with Gasteiger partial charge in [-0.1, -0.05) is 63.5 Å². The van der Waals surface area contributed by atoms with E-state index in [9.17, 15) is 35.4 Å². The average molecular weight is 548 g/mol. The van der Waals surface area contributed by atoms with Crippen LogP contribution in [0.15, 0.2) is 42.5 Å². The Hall–Kier alpha value is -2.39. The van der Waals surface area contributed by atoms with E-state index >= 15 is 0 Å². The highest BCUT2D eigenvalue weighted by Gasteiger charge is 2.39. The Kier molecular flexibility index (Phi) is 14.6. The van der Waals surface area contributed by atoms with Crippen LogP contribution in [0.1, 0.15) is 83.6 Å². The lowest BCUT2D eigenvalue weighted by molar-refractivity contribution is -0.141. The first-order valence-electron chi connectivity index (χ1n) is 14.5. The lowest BCUT2D eigenvalue weighted by atomic mass is 9.89. The number of amides is 1. The van der Waals surface area contributed by atoms with E-state index in [1.807, 2.05) is 25.2 Å². The Balaban J connectivity index is 1.81. The van der Waals surface area contributed by atoms with E-state index < -0.39 is 24.5 Å². The molecule has 0 aromatic heterocycles. The predicted octanol–water partition coefficient (Wildman–Crippen LogP) is 4.17. The van der Waals surface area contributed by atoms with Gasteiger partial charge >= 0.3 is 0 Å². The Morgan fingerprint density at radius 3 is 2.49 bits per heavy atom. The van der Waals surface area contributed by atoms with Crippen molar-refractivity contribution < 1.29 is 35.4 Å². The molecule has 6 atom stereocenters. The molecule has 1 aromatic carbocycles. The molecule has 2 rings (SSSR count). The number of rotatable bonds is 17. The summed E-state index contributed by atoms with van der Waals surface area (Å²) in [4.78, 5) is 14.3. The van der Waals surface area contributed by atoms with E-state index in [0.29, 0.717) is 50.6 Å². The molecule has 0 spiro atoms. The van der Waals surface area contributed by atoms with Gasteiger partial charge in [-0.15, -0.1) is 0 Å². The Bertz CT molecular complexity index is 918. The number of aliphatic hydroxyl groups is 4. The monoisotopic (exact) mass is 547 g/mol. The van der Waals surface area contributed by atoms with Gasteiger partial charge in [-0.2, -0.15) is 0 Å². The first-order valence-corrected chi connectivity index (χ1v) is 14.5. The maximum Gasteiger partial charge on any atom is 0.224 e. The number of phenolic OH excluding ortho intramolecular Hbond substituents is 2. The predicted molar refractivity (Wildman–Crippen MR) is 152 cm³/mol. The van der Waals surface area contributed by atoms with Gasteiger partial charge in [0, 0.05) is 31.7 Å². The Morgan fingerprint density at radius 2 is 1.79 bits per heavy atom. The fraction of sp³-hybridized carbons (Fsp3) is 0.645. The molecule has 220 valence electrons. The van der Waals surface area contributed by atoms with Gasteiger partial charge in [0.05, 0.1) is 18.3 Å². The SMILES string of the molecule is CCCCC[C@H](O)C=C[C@@H]1[C@@H](CC=CCCCC(=O)N(CCC)C(O)Cc2ccc(O)c(O)c2)[C@@H](O)C[C@H]1O. The number of hydrogen-bond acceptors (Lipinski definition) is 7. The molecule has 1 saturated carbocycles. The van der Waals surface area contributed by atoms with Crippen molar-refractivity contribution in [1.29, 1.82) is 0 Å². The van der Waals surface area contributed by atoms with E-state index in [2.05, 4.69) is 6.92 Å². The van der Waals surface area contributed by atoms with Crippen molar-refractivity contribution in [2.75, 3.05) is 6.54 Å². The van der Waals surface area contributed by atoms with Crippen LogP contribution in [0.2, 0.25) is 0 Å². The van der Waals surface area contributed by atoms with Crippen LogP contribution in [0, 0.1) is 11.8 Å². The maximum atomic E-state index is 12.8. The number of unbranched alkanes of at least 4 members (excludes halogenated alkanes) is 3. The smallest absolute Gasteiger partial charge is 0.224 e. The summed E-state index contributed by atoms with van der Waals surface area (Å²) in [5.41, 5.74) is 0.619.